The van der Waals surface area contributed by atoms with E-state index in [1.165, 1.54) is 24.0 Å². The molecule has 0 saturated heterocycles. The molecule has 76 valence electrons. The van der Waals surface area contributed by atoms with Gasteiger partial charge in [0.15, 0.2) is 0 Å². The molecular weight excluding hydrogens is 174 g/mol. The first kappa shape index (κ1) is 9.69. The van der Waals surface area contributed by atoms with Crippen molar-refractivity contribution in [1.29, 1.82) is 0 Å². The van der Waals surface area contributed by atoms with Crippen molar-refractivity contribution >= 4 is 0 Å². The van der Waals surface area contributed by atoms with Gasteiger partial charge in [-0.15, -0.1) is 0 Å². The van der Waals surface area contributed by atoms with Crippen molar-refractivity contribution in [1.82, 2.24) is 0 Å². The average molecular weight is 191 g/mol. The molecule has 2 heteroatoms. The maximum absolute atomic E-state index is 5.73. The molecule has 0 heterocycles. The van der Waals surface area contributed by atoms with Crippen molar-refractivity contribution in [3.63, 3.8) is 0 Å². The summed E-state index contributed by atoms with van der Waals surface area (Å²) in [6.07, 6.45) is 2.47. The van der Waals surface area contributed by atoms with Crippen LogP contribution in [0, 0.1) is 0 Å². The molecule has 0 aliphatic heterocycles. The highest BCUT2D eigenvalue weighted by atomic mass is 16.5. The van der Waals surface area contributed by atoms with E-state index in [0.29, 0.717) is 6.54 Å². The van der Waals surface area contributed by atoms with Crippen LogP contribution in [0.25, 0.3) is 0 Å². The predicted molar refractivity (Wildman–Crippen MR) is 57.1 cm³/mol. The molecule has 1 saturated carbocycles. The lowest BCUT2D eigenvalue weighted by Gasteiger charge is -2.17. The predicted octanol–water partition coefficient (Wildman–Crippen LogP) is 1.82. The van der Waals surface area contributed by atoms with Gasteiger partial charge in [-0.3, -0.25) is 0 Å². The van der Waals surface area contributed by atoms with Crippen LogP contribution in [0.2, 0.25) is 0 Å². The fourth-order valence-electron chi connectivity index (χ4n) is 2.13. The Kier molecular flexibility index (Phi) is 2.57. The zero-order valence-corrected chi connectivity index (χ0v) is 8.62. The van der Waals surface area contributed by atoms with Crippen LogP contribution in [0.4, 0.5) is 0 Å². The summed E-state index contributed by atoms with van der Waals surface area (Å²) in [5, 5.41) is 0. The first-order valence-electron chi connectivity index (χ1n) is 5.10. The zero-order valence-electron chi connectivity index (χ0n) is 8.62. The van der Waals surface area contributed by atoms with E-state index in [9.17, 15) is 0 Å². The van der Waals surface area contributed by atoms with Gasteiger partial charge in [-0.25, -0.2) is 0 Å². The van der Waals surface area contributed by atoms with Crippen LogP contribution in [-0.2, 0) is 16.7 Å². The van der Waals surface area contributed by atoms with Gasteiger partial charge in [0.05, 0.1) is 6.61 Å². The molecule has 14 heavy (non-hydrogen) atoms. The summed E-state index contributed by atoms with van der Waals surface area (Å²) in [5.74, 6) is 0. The highest BCUT2D eigenvalue weighted by molar-refractivity contribution is 5.38. The maximum atomic E-state index is 5.73. The van der Waals surface area contributed by atoms with Crippen molar-refractivity contribution in [3.05, 3.63) is 35.4 Å². The molecule has 1 aromatic carbocycles. The Morgan fingerprint density at radius 3 is 2.64 bits per heavy atom. The van der Waals surface area contributed by atoms with Crippen LogP contribution in [0.1, 0.15) is 24.0 Å². The number of ether oxygens (including phenoxy) is 1. The Morgan fingerprint density at radius 1 is 1.36 bits per heavy atom. The maximum Gasteiger partial charge on any atom is 0.0559 e. The van der Waals surface area contributed by atoms with Gasteiger partial charge in [0.1, 0.15) is 0 Å². The molecule has 0 aromatic heterocycles. The van der Waals surface area contributed by atoms with Crippen molar-refractivity contribution in [2.75, 3.05) is 13.7 Å². The van der Waals surface area contributed by atoms with Gasteiger partial charge in [0.2, 0.25) is 0 Å². The van der Waals surface area contributed by atoms with Crippen LogP contribution in [0.15, 0.2) is 24.3 Å². The smallest absolute Gasteiger partial charge is 0.0559 e. The molecule has 1 fully saturated rings. The number of methoxy groups -OCH3 is 1. The lowest BCUT2D eigenvalue weighted by Crippen LogP contribution is -2.17. The third kappa shape index (κ3) is 1.56. The minimum absolute atomic E-state index is 0.282. The number of hydrogen-bond acceptors (Lipinski definition) is 2. The topological polar surface area (TPSA) is 35.2 Å². The Labute approximate surface area is 85.1 Å². The Hall–Kier alpha value is -0.860. The quantitative estimate of drug-likeness (QED) is 0.788. The summed E-state index contributed by atoms with van der Waals surface area (Å²) in [6, 6.07) is 8.44. The van der Waals surface area contributed by atoms with Gasteiger partial charge in [-0.2, -0.15) is 0 Å². The van der Waals surface area contributed by atoms with Crippen molar-refractivity contribution < 1.29 is 4.74 Å². The number of benzene rings is 1. The van der Waals surface area contributed by atoms with Crippen LogP contribution in [0.3, 0.4) is 0 Å². The first-order chi connectivity index (χ1) is 6.82. The number of hydrogen-bond donors (Lipinski definition) is 1. The SMILES string of the molecule is COCC1(c2ccccc2CN)CC1. The minimum Gasteiger partial charge on any atom is -0.384 e. The Morgan fingerprint density at radius 2 is 2.07 bits per heavy atom. The molecular formula is C12H17NO. The van der Waals surface area contributed by atoms with Gasteiger partial charge >= 0.3 is 0 Å². The second-order valence-corrected chi connectivity index (χ2v) is 4.07. The summed E-state index contributed by atoms with van der Waals surface area (Å²) in [7, 11) is 1.77. The second-order valence-electron chi connectivity index (χ2n) is 4.07. The Bertz CT molecular complexity index is 318. The molecule has 2 rings (SSSR count). The van der Waals surface area contributed by atoms with Crippen LogP contribution < -0.4 is 5.73 Å². The summed E-state index contributed by atoms with van der Waals surface area (Å²) in [4.78, 5) is 0. The molecule has 0 atom stereocenters. The van der Waals surface area contributed by atoms with E-state index < -0.39 is 0 Å². The number of nitrogens with two attached hydrogens (primary N) is 1. The van der Waals surface area contributed by atoms with Gasteiger partial charge in [0, 0.05) is 19.1 Å². The van der Waals surface area contributed by atoms with E-state index in [2.05, 4.69) is 24.3 Å². The summed E-state index contributed by atoms with van der Waals surface area (Å²) < 4.78 is 5.28. The monoisotopic (exact) mass is 191 g/mol. The molecule has 0 radical (unpaired) electrons. The lowest BCUT2D eigenvalue weighted by molar-refractivity contribution is 0.171. The average Bonchev–Trinajstić information content (AvgIpc) is 2.99. The Balaban J connectivity index is 2.31. The van der Waals surface area contributed by atoms with Gasteiger partial charge < -0.3 is 10.5 Å². The van der Waals surface area contributed by atoms with E-state index in [1.807, 2.05) is 0 Å². The van der Waals surface area contributed by atoms with Crippen molar-refractivity contribution in [2.45, 2.75) is 24.8 Å². The normalized spacial score (nSPS) is 18.1. The van der Waals surface area contributed by atoms with E-state index in [4.69, 9.17) is 10.5 Å². The van der Waals surface area contributed by atoms with E-state index in [-0.39, 0.29) is 5.41 Å². The third-order valence-corrected chi connectivity index (χ3v) is 3.08. The summed E-state index contributed by atoms with van der Waals surface area (Å²) in [5.41, 5.74) is 8.67. The zero-order chi connectivity index (χ0) is 10.0. The molecule has 0 bridgehead atoms. The fourth-order valence-corrected chi connectivity index (χ4v) is 2.13. The molecule has 2 N–H and O–H groups in total. The molecule has 1 aliphatic carbocycles. The van der Waals surface area contributed by atoms with Gasteiger partial charge in [-0.1, -0.05) is 24.3 Å². The van der Waals surface area contributed by atoms with Crippen LogP contribution >= 0.6 is 0 Å². The largest absolute Gasteiger partial charge is 0.384 e. The highest BCUT2D eigenvalue weighted by Gasteiger charge is 2.45. The highest BCUT2D eigenvalue weighted by Crippen LogP contribution is 2.49. The van der Waals surface area contributed by atoms with Crippen molar-refractivity contribution in [2.24, 2.45) is 5.73 Å². The van der Waals surface area contributed by atoms with Crippen LogP contribution in [-0.4, -0.2) is 13.7 Å². The first-order valence-corrected chi connectivity index (χ1v) is 5.10. The minimum atomic E-state index is 0.282. The molecule has 0 amide bonds. The second kappa shape index (κ2) is 3.71. The molecule has 0 unspecified atom stereocenters. The lowest BCUT2D eigenvalue weighted by atomic mass is 9.92. The molecule has 2 nitrogen and oxygen atoms in total. The fraction of sp³-hybridized carbons (Fsp3) is 0.500. The van der Waals surface area contributed by atoms with E-state index in [1.54, 1.807) is 7.11 Å². The summed E-state index contributed by atoms with van der Waals surface area (Å²) in [6.45, 7) is 1.45. The van der Waals surface area contributed by atoms with Crippen molar-refractivity contribution in [3.8, 4) is 0 Å². The number of rotatable bonds is 4. The van der Waals surface area contributed by atoms with Crippen LogP contribution in [0.5, 0.6) is 0 Å². The molecule has 1 aromatic rings. The van der Waals surface area contributed by atoms with E-state index in [0.717, 1.165) is 6.61 Å². The van der Waals surface area contributed by atoms with Gasteiger partial charge in [0.25, 0.3) is 0 Å². The van der Waals surface area contributed by atoms with Gasteiger partial charge in [-0.05, 0) is 24.0 Å². The third-order valence-electron chi connectivity index (χ3n) is 3.08. The van der Waals surface area contributed by atoms with E-state index >= 15 is 0 Å². The summed E-state index contributed by atoms with van der Waals surface area (Å²) >= 11 is 0. The molecule has 0 spiro atoms. The standard InChI is InChI=1S/C12H17NO/c1-14-9-12(6-7-12)11-5-3-2-4-10(11)8-13/h2-5H,6-9,13H2,1H3. The molecule has 1 aliphatic rings.